The molecule has 262 valence electrons. The van der Waals surface area contributed by atoms with E-state index in [9.17, 15) is 29.4 Å². The molecule has 48 heavy (non-hydrogen) atoms. The number of aliphatic hydroxyl groups is 2. The summed E-state index contributed by atoms with van der Waals surface area (Å²) in [4.78, 5) is 51.7. The number of rotatable bonds is 15. The van der Waals surface area contributed by atoms with Gasteiger partial charge in [0.05, 0.1) is 48.9 Å². The summed E-state index contributed by atoms with van der Waals surface area (Å²) < 4.78 is -1.06. The molecule has 12 nitrogen and oxygen atoms in total. The summed E-state index contributed by atoms with van der Waals surface area (Å²) in [5.74, 6) is -0.922. The van der Waals surface area contributed by atoms with Gasteiger partial charge in [0.1, 0.15) is 12.1 Å². The van der Waals surface area contributed by atoms with Crippen LogP contribution in [0.2, 0.25) is 0 Å². The summed E-state index contributed by atoms with van der Waals surface area (Å²) in [6, 6.07) is 16.3. The highest BCUT2D eigenvalue weighted by atomic mass is 32.2. The molecule has 2 aromatic rings. The molecule has 0 radical (unpaired) electrons. The predicted octanol–water partition coefficient (Wildman–Crippen LogP) is 0.278. The summed E-state index contributed by atoms with van der Waals surface area (Å²) in [5.41, 5.74) is 1.73. The van der Waals surface area contributed by atoms with Crippen molar-refractivity contribution in [2.75, 3.05) is 26.3 Å². The summed E-state index contributed by atoms with van der Waals surface area (Å²) in [6.07, 6.45) is 0.377. The molecule has 4 rings (SSSR count). The van der Waals surface area contributed by atoms with Crippen LogP contribution >= 0.6 is 23.5 Å². The Kier molecular flexibility index (Phi) is 13.3. The molecule has 4 amide bonds. The monoisotopic (exact) mass is 700 g/mol. The second kappa shape index (κ2) is 17.0. The van der Waals surface area contributed by atoms with Crippen LogP contribution in [0.3, 0.4) is 0 Å². The Morgan fingerprint density at radius 2 is 1.02 bits per heavy atom. The van der Waals surface area contributed by atoms with Crippen LogP contribution in [0.4, 0.5) is 0 Å². The fraction of sp³-hybridized carbons (Fsp3) is 0.529. The molecule has 2 aliphatic rings. The van der Waals surface area contributed by atoms with E-state index in [-0.39, 0.29) is 73.5 Å². The van der Waals surface area contributed by atoms with E-state index in [4.69, 9.17) is 0 Å². The number of aliphatic hydroxyl groups excluding tert-OH is 2. The van der Waals surface area contributed by atoms with Crippen LogP contribution in [0.25, 0.3) is 0 Å². The van der Waals surface area contributed by atoms with E-state index in [0.29, 0.717) is 0 Å². The normalized spacial score (nSPS) is 23.9. The average molecular weight is 701 g/mol. The van der Waals surface area contributed by atoms with Gasteiger partial charge in [-0.1, -0.05) is 60.7 Å². The highest BCUT2D eigenvalue weighted by Gasteiger charge is 2.48. The highest BCUT2D eigenvalue weighted by Crippen LogP contribution is 2.40. The van der Waals surface area contributed by atoms with E-state index in [1.807, 2.05) is 88.4 Å². The Balaban J connectivity index is 1.22. The first-order valence-corrected chi connectivity index (χ1v) is 17.9. The van der Waals surface area contributed by atoms with Crippen molar-refractivity contribution in [3.05, 3.63) is 71.8 Å². The Hall–Kier alpha value is -3.14. The lowest BCUT2D eigenvalue weighted by atomic mass is 10.0. The van der Waals surface area contributed by atoms with Crippen molar-refractivity contribution in [3.63, 3.8) is 0 Å². The van der Waals surface area contributed by atoms with Crippen LogP contribution in [0, 0.1) is 0 Å². The van der Waals surface area contributed by atoms with E-state index >= 15 is 0 Å². The van der Waals surface area contributed by atoms with Crippen LogP contribution in [0.1, 0.15) is 38.8 Å². The lowest BCUT2D eigenvalue weighted by Gasteiger charge is -2.25. The minimum atomic E-state index is -0.594. The zero-order chi connectivity index (χ0) is 34.9. The molecular formula is C34H48N6O6S2. The summed E-state index contributed by atoms with van der Waals surface area (Å²) in [5, 5.41) is 37.5. The fourth-order valence-electron chi connectivity index (χ4n) is 5.86. The molecule has 2 fully saturated rings. The van der Waals surface area contributed by atoms with Crippen LogP contribution in [-0.2, 0) is 32.0 Å². The van der Waals surface area contributed by atoms with Gasteiger partial charge >= 0.3 is 0 Å². The summed E-state index contributed by atoms with van der Waals surface area (Å²) in [6.45, 7) is 7.56. The minimum Gasteiger partial charge on any atom is -0.394 e. The van der Waals surface area contributed by atoms with Crippen LogP contribution in [0.15, 0.2) is 60.7 Å². The second-order valence-corrected chi connectivity index (χ2v) is 16.7. The standard InChI is InChI=1S/C34H48N6O6S2/c1-33(2)27(39-31(47-33)23(19-41)37-25(43)17-21-11-7-5-8-12-21)29(45)35-15-16-36-30(46)28-34(3,4)48-32(40-28)24(20-42)38-26(44)18-22-13-9-6-10-14-22/h5-14,23-24,27-28,31-32,39-42H,15-20H2,1-4H3,(H,35,45)(H,36,46)(H,37,43)(H,38,44)/t23-,24-,27+,28+,31-,32-/m1/s1. The molecule has 0 aliphatic carbocycles. The third kappa shape index (κ3) is 10.2. The molecule has 2 aliphatic heterocycles. The van der Waals surface area contributed by atoms with Crippen LogP contribution in [-0.4, -0.2) is 105 Å². The highest BCUT2D eigenvalue weighted by molar-refractivity contribution is 8.01. The van der Waals surface area contributed by atoms with E-state index < -0.39 is 33.7 Å². The van der Waals surface area contributed by atoms with Crippen molar-refractivity contribution in [1.82, 2.24) is 31.9 Å². The first-order chi connectivity index (χ1) is 22.8. The first kappa shape index (κ1) is 37.7. The van der Waals surface area contributed by atoms with Gasteiger partial charge in [-0.2, -0.15) is 0 Å². The van der Waals surface area contributed by atoms with Gasteiger partial charge in [-0.25, -0.2) is 0 Å². The molecular weight excluding hydrogens is 653 g/mol. The smallest absolute Gasteiger partial charge is 0.238 e. The summed E-state index contributed by atoms with van der Waals surface area (Å²) in [7, 11) is 0. The number of benzene rings is 2. The van der Waals surface area contributed by atoms with E-state index in [1.54, 1.807) is 0 Å². The van der Waals surface area contributed by atoms with Gasteiger partial charge in [0, 0.05) is 22.6 Å². The van der Waals surface area contributed by atoms with Gasteiger partial charge in [-0.3, -0.25) is 29.8 Å². The number of hydrogen-bond donors (Lipinski definition) is 8. The largest absolute Gasteiger partial charge is 0.394 e. The maximum Gasteiger partial charge on any atom is 0.238 e. The maximum atomic E-state index is 13.2. The summed E-state index contributed by atoms with van der Waals surface area (Å²) >= 11 is 2.97. The number of carbonyl (C=O) groups is 4. The third-order valence-corrected chi connectivity index (χ3v) is 11.5. The van der Waals surface area contributed by atoms with Crippen molar-refractivity contribution in [2.24, 2.45) is 0 Å². The Labute approximate surface area is 290 Å². The minimum absolute atomic E-state index is 0.188. The quantitative estimate of drug-likeness (QED) is 0.120. The van der Waals surface area contributed by atoms with Gasteiger partial charge in [0.25, 0.3) is 0 Å². The van der Waals surface area contributed by atoms with Crippen molar-refractivity contribution < 1.29 is 29.4 Å². The maximum absolute atomic E-state index is 13.2. The average Bonchev–Trinajstić information content (AvgIpc) is 3.55. The van der Waals surface area contributed by atoms with Crippen LogP contribution < -0.4 is 31.9 Å². The zero-order valence-electron chi connectivity index (χ0n) is 27.8. The van der Waals surface area contributed by atoms with Gasteiger partial charge in [0.15, 0.2) is 0 Å². The lowest BCUT2D eigenvalue weighted by molar-refractivity contribution is -0.125. The number of amides is 4. The molecule has 14 heteroatoms. The fourth-order valence-corrected chi connectivity index (χ4v) is 8.83. The molecule has 2 aromatic carbocycles. The van der Waals surface area contributed by atoms with Gasteiger partial charge in [-0.05, 0) is 38.8 Å². The topological polar surface area (TPSA) is 181 Å². The van der Waals surface area contributed by atoms with Gasteiger partial charge in [-0.15, -0.1) is 23.5 Å². The number of thioether (sulfide) groups is 2. The Bertz CT molecular complexity index is 1290. The van der Waals surface area contributed by atoms with Gasteiger partial charge < -0.3 is 31.5 Å². The molecule has 2 heterocycles. The zero-order valence-corrected chi connectivity index (χ0v) is 29.5. The SMILES string of the molecule is CC1(C)S[C@H]([C@@H](CO)NC(=O)Cc2ccccc2)N[C@H]1C(=O)NCCNC(=O)[C@@H]1N[C@@H]([C@@H](CO)NC(=O)Cc2ccccc2)SC1(C)C. The Morgan fingerprint density at radius 3 is 1.35 bits per heavy atom. The van der Waals surface area contributed by atoms with E-state index in [1.165, 1.54) is 23.5 Å². The first-order valence-electron chi connectivity index (χ1n) is 16.1. The number of carbonyl (C=O) groups excluding carboxylic acids is 4. The van der Waals surface area contributed by atoms with Crippen molar-refractivity contribution >= 4 is 47.2 Å². The molecule has 2 saturated heterocycles. The van der Waals surface area contributed by atoms with Crippen LogP contribution in [0.5, 0.6) is 0 Å². The van der Waals surface area contributed by atoms with Crippen molar-refractivity contribution in [3.8, 4) is 0 Å². The number of nitrogens with one attached hydrogen (secondary N) is 6. The van der Waals surface area contributed by atoms with Crippen molar-refractivity contribution in [1.29, 1.82) is 0 Å². The second-order valence-electron chi connectivity index (χ2n) is 13.1. The third-order valence-electron chi connectivity index (χ3n) is 8.39. The molecule has 0 unspecified atom stereocenters. The molecule has 6 atom stereocenters. The molecule has 0 saturated carbocycles. The lowest BCUT2D eigenvalue weighted by Crippen LogP contribution is -2.56. The van der Waals surface area contributed by atoms with E-state index in [0.717, 1.165) is 11.1 Å². The predicted molar refractivity (Wildman–Crippen MR) is 189 cm³/mol. The molecule has 0 aromatic heterocycles. The molecule has 0 spiro atoms. The van der Waals surface area contributed by atoms with E-state index in [2.05, 4.69) is 31.9 Å². The number of hydrogen-bond acceptors (Lipinski definition) is 10. The molecule has 0 bridgehead atoms. The molecule has 8 N–H and O–H groups in total. The van der Waals surface area contributed by atoms with Crippen molar-refractivity contribution in [2.45, 2.75) is 84.9 Å². The van der Waals surface area contributed by atoms with Gasteiger partial charge in [0.2, 0.25) is 23.6 Å². The Morgan fingerprint density at radius 1 is 0.667 bits per heavy atom.